The second-order valence-corrected chi connectivity index (χ2v) is 12.2. The van der Waals surface area contributed by atoms with Gasteiger partial charge in [-0.3, -0.25) is 4.79 Å². The lowest BCUT2D eigenvalue weighted by molar-refractivity contribution is -0.160. The number of ether oxygens (including phenoxy) is 1. The highest BCUT2D eigenvalue weighted by Gasteiger charge is 2.58. The number of hydrogen-bond donors (Lipinski definition) is 1. The van der Waals surface area contributed by atoms with Gasteiger partial charge in [-0.2, -0.15) is 0 Å². The van der Waals surface area contributed by atoms with Crippen LogP contribution in [0.1, 0.15) is 46.5 Å². The van der Waals surface area contributed by atoms with Crippen LogP contribution in [0.4, 0.5) is 0 Å². The van der Waals surface area contributed by atoms with Gasteiger partial charge in [0.15, 0.2) is 13.9 Å². The summed E-state index contributed by atoms with van der Waals surface area (Å²) in [6.07, 6.45) is 1.80. The molecule has 3 atom stereocenters. The monoisotopic (exact) mass is 286 g/mol. The maximum atomic E-state index is 11.5. The zero-order valence-electron chi connectivity index (χ0n) is 12.7. The maximum Gasteiger partial charge on any atom is 0.309 e. The molecule has 19 heavy (non-hydrogen) atoms. The van der Waals surface area contributed by atoms with Gasteiger partial charge >= 0.3 is 5.97 Å². The third-order valence-electron chi connectivity index (χ3n) is 5.05. The standard InChI is InChI=1S/C14H26O4Si/c1-13(2,3)19(4,5)18-11-7-6-8-14(11)10(15)9-12(16)17-14/h10-11,15H,6-9H2,1-5H3/t10-,11-,14-/m0/s1. The highest BCUT2D eigenvalue weighted by Crippen LogP contribution is 2.47. The molecule has 4 nitrogen and oxygen atoms in total. The first-order valence-corrected chi connectivity index (χ1v) is 10.1. The number of rotatable bonds is 2. The zero-order valence-corrected chi connectivity index (χ0v) is 13.7. The Balaban J connectivity index is 2.19. The van der Waals surface area contributed by atoms with Crippen LogP contribution in [0.5, 0.6) is 0 Å². The summed E-state index contributed by atoms with van der Waals surface area (Å²) in [5, 5.41) is 10.3. The molecule has 2 fully saturated rings. The second-order valence-electron chi connectivity index (χ2n) is 7.41. The van der Waals surface area contributed by atoms with Crippen molar-refractivity contribution in [2.45, 2.75) is 82.4 Å². The Kier molecular flexibility index (Phi) is 3.61. The van der Waals surface area contributed by atoms with Crippen LogP contribution in [0.2, 0.25) is 18.1 Å². The summed E-state index contributed by atoms with van der Waals surface area (Å²) in [7, 11) is -1.92. The van der Waals surface area contributed by atoms with Gasteiger partial charge in [0, 0.05) is 0 Å². The molecular weight excluding hydrogens is 260 g/mol. The molecule has 1 saturated carbocycles. The summed E-state index contributed by atoms with van der Waals surface area (Å²) in [6.45, 7) is 11.0. The number of carbonyl (C=O) groups is 1. The maximum absolute atomic E-state index is 11.5. The number of aliphatic hydroxyl groups excluding tert-OH is 1. The normalized spacial score (nSPS) is 36.0. The van der Waals surface area contributed by atoms with Crippen LogP contribution in [0.25, 0.3) is 0 Å². The van der Waals surface area contributed by atoms with Gasteiger partial charge < -0.3 is 14.3 Å². The highest BCUT2D eigenvalue weighted by molar-refractivity contribution is 6.74. The second kappa shape index (κ2) is 4.57. The zero-order chi connectivity index (χ0) is 14.5. The lowest BCUT2D eigenvalue weighted by Gasteiger charge is -2.42. The quantitative estimate of drug-likeness (QED) is 0.626. The van der Waals surface area contributed by atoms with E-state index in [4.69, 9.17) is 9.16 Å². The Labute approximate surface area is 116 Å². The SMILES string of the molecule is CC(C)(C)[Si](C)(C)O[C@H]1CCC[C@@]12OC(=O)C[C@@H]2O. The van der Waals surface area contributed by atoms with E-state index in [1.54, 1.807) is 0 Å². The lowest BCUT2D eigenvalue weighted by atomic mass is 9.93. The average Bonchev–Trinajstić information content (AvgIpc) is 2.71. The molecular formula is C14H26O4Si. The summed E-state index contributed by atoms with van der Waals surface area (Å²) < 4.78 is 11.9. The molecule has 1 saturated heterocycles. The molecule has 0 aromatic carbocycles. The van der Waals surface area contributed by atoms with Crippen LogP contribution in [-0.2, 0) is 14.0 Å². The molecule has 1 spiro atoms. The predicted molar refractivity (Wildman–Crippen MR) is 75.4 cm³/mol. The Morgan fingerprint density at radius 1 is 1.42 bits per heavy atom. The molecule has 0 aromatic heterocycles. The minimum absolute atomic E-state index is 0.108. The molecule has 0 bridgehead atoms. The van der Waals surface area contributed by atoms with E-state index in [2.05, 4.69) is 33.9 Å². The van der Waals surface area contributed by atoms with Crippen LogP contribution in [0.3, 0.4) is 0 Å². The highest BCUT2D eigenvalue weighted by atomic mass is 28.4. The van der Waals surface area contributed by atoms with E-state index in [-0.39, 0.29) is 23.5 Å². The minimum atomic E-state index is -1.92. The molecule has 5 heteroatoms. The Morgan fingerprint density at radius 3 is 2.53 bits per heavy atom. The van der Waals surface area contributed by atoms with Crippen molar-refractivity contribution < 1.29 is 19.1 Å². The van der Waals surface area contributed by atoms with Gasteiger partial charge in [0.05, 0.1) is 12.5 Å². The number of aliphatic hydroxyl groups is 1. The molecule has 1 heterocycles. The molecule has 2 aliphatic rings. The van der Waals surface area contributed by atoms with E-state index < -0.39 is 20.0 Å². The van der Waals surface area contributed by atoms with Gasteiger partial charge in [-0.25, -0.2) is 0 Å². The summed E-state index contributed by atoms with van der Waals surface area (Å²) in [5.41, 5.74) is -0.771. The van der Waals surface area contributed by atoms with E-state index in [9.17, 15) is 9.90 Å². The van der Waals surface area contributed by atoms with Crippen LogP contribution in [-0.4, -0.2) is 37.2 Å². The van der Waals surface area contributed by atoms with Crippen LogP contribution in [0.15, 0.2) is 0 Å². The van der Waals surface area contributed by atoms with Crippen molar-refractivity contribution in [3.63, 3.8) is 0 Å². The van der Waals surface area contributed by atoms with Crippen molar-refractivity contribution in [3.8, 4) is 0 Å². The molecule has 110 valence electrons. The lowest BCUT2D eigenvalue weighted by Crippen LogP contribution is -2.53. The summed E-state index contributed by atoms with van der Waals surface area (Å²) in [6, 6.07) is 0. The molecule has 1 aliphatic heterocycles. The van der Waals surface area contributed by atoms with Crippen LogP contribution < -0.4 is 0 Å². The molecule has 2 rings (SSSR count). The number of esters is 1. The molecule has 0 amide bonds. The number of carbonyl (C=O) groups excluding carboxylic acids is 1. The third kappa shape index (κ3) is 2.48. The minimum Gasteiger partial charge on any atom is -0.453 e. The smallest absolute Gasteiger partial charge is 0.309 e. The molecule has 0 radical (unpaired) electrons. The summed E-state index contributed by atoms with van der Waals surface area (Å²) in [5.74, 6) is -0.293. The summed E-state index contributed by atoms with van der Waals surface area (Å²) in [4.78, 5) is 11.5. The van der Waals surface area contributed by atoms with Crippen molar-refractivity contribution in [2.24, 2.45) is 0 Å². The fourth-order valence-corrected chi connectivity index (χ4v) is 4.19. The first kappa shape index (κ1) is 15.0. The van der Waals surface area contributed by atoms with E-state index in [1.807, 2.05) is 0 Å². The van der Waals surface area contributed by atoms with Gasteiger partial charge in [-0.15, -0.1) is 0 Å². The van der Waals surface area contributed by atoms with E-state index in [0.717, 1.165) is 19.3 Å². The van der Waals surface area contributed by atoms with Crippen molar-refractivity contribution in [3.05, 3.63) is 0 Å². The van der Waals surface area contributed by atoms with Crippen LogP contribution >= 0.6 is 0 Å². The largest absolute Gasteiger partial charge is 0.453 e. The van der Waals surface area contributed by atoms with Gasteiger partial charge in [0.1, 0.15) is 6.10 Å². The van der Waals surface area contributed by atoms with Gasteiger partial charge in [-0.05, 0) is 37.4 Å². The van der Waals surface area contributed by atoms with Gasteiger partial charge in [0.25, 0.3) is 0 Å². The fourth-order valence-electron chi connectivity index (χ4n) is 2.81. The van der Waals surface area contributed by atoms with Crippen molar-refractivity contribution >= 4 is 14.3 Å². The first-order chi connectivity index (χ1) is 8.58. The Bertz CT molecular complexity index is 374. The first-order valence-electron chi connectivity index (χ1n) is 7.16. The third-order valence-corrected chi connectivity index (χ3v) is 9.54. The number of hydrogen-bond acceptors (Lipinski definition) is 4. The van der Waals surface area contributed by atoms with E-state index in [1.165, 1.54) is 0 Å². The Hall–Kier alpha value is -0.393. The molecule has 1 N–H and O–H groups in total. The predicted octanol–water partition coefficient (Wildman–Crippen LogP) is 2.61. The molecule has 0 unspecified atom stereocenters. The fraction of sp³-hybridized carbons (Fsp3) is 0.929. The molecule has 0 aromatic rings. The van der Waals surface area contributed by atoms with Gasteiger partial charge in [-0.1, -0.05) is 20.8 Å². The Morgan fingerprint density at radius 2 is 2.05 bits per heavy atom. The van der Waals surface area contributed by atoms with E-state index >= 15 is 0 Å². The van der Waals surface area contributed by atoms with Crippen molar-refractivity contribution in [2.75, 3.05) is 0 Å². The average molecular weight is 286 g/mol. The van der Waals surface area contributed by atoms with E-state index in [0.29, 0.717) is 0 Å². The topological polar surface area (TPSA) is 55.8 Å². The molecule has 1 aliphatic carbocycles. The van der Waals surface area contributed by atoms with Crippen molar-refractivity contribution in [1.29, 1.82) is 0 Å². The van der Waals surface area contributed by atoms with Gasteiger partial charge in [0.2, 0.25) is 0 Å². The van der Waals surface area contributed by atoms with Crippen molar-refractivity contribution in [1.82, 2.24) is 0 Å². The van der Waals surface area contributed by atoms with Crippen LogP contribution in [0, 0.1) is 0 Å². The summed E-state index contributed by atoms with van der Waals surface area (Å²) >= 11 is 0.